The van der Waals surface area contributed by atoms with Crippen molar-refractivity contribution in [2.45, 2.75) is 38.5 Å². The van der Waals surface area contributed by atoms with Crippen LogP contribution in [-0.4, -0.2) is 23.7 Å². The van der Waals surface area contributed by atoms with Crippen LogP contribution < -0.4 is 0 Å². The Morgan fingerprint density at radius 3 is 1.18 bits per heavy atom. The van der Waals surface area contributed by atoms with Crippen LogP contribution in [0.5, 0.6) is 0 Å². The number of hydrogen-bond acceptors (Lipinski definition) is 2. The number of para-hydroxylation sites is 3. The van der Waals surface area contributed by atoms with Crippen LogP contribution in [0.4, 0.5) is 0 Å². The molecule has 4 heterocycles. The summed E-state index contributed by atoms with van der Waals surface area (Å²) in [5, 5.41) is 7.02. The minimum atomic E-state index is -0.136. The van der Waals surface area contributed by atoms with E-state index in [2.05, 4.69) is 314 Å². The topological polar surface area (TPSA) is 40.6 Å². The molecule has 5 nitrogen and oxygen atoms in total. The van der Waals surface area contributed by atoms with Crippen molar-refractivity contribution in [2.75, 3.05) is 0 Å². The van der Waals surface area contributed by atoms with Crippen molar-refractivity contribution < 1.29 is 0 Å². The van der Waals surface area contributed by atoms with E-state index in [0.717, 1.165) is 83.4 Å². The molecule has 0 atom stereocenters. The second-order valence-electron chi connectivity index (χ2n) is 24.9. The summed E-state index contributed by atoms with van der Waals surface area (Å²) in [4.78, 5) is 10.9. The Bertz CT molecular complexity index is 5490. The van der Waals surface area contributed by atoms with E-state index < -0.39 is 0 Å². The van der Waals surface area contributed by atoms with Crippen molar-refractivity contribution in [1.29, 1.82) is 0 Å². The number of hydrogen-bond donors (Lipinski definition) is 0. The van der Waals surface area contributed by atoms with Crippen LogP contribution in [0.25, 0.3) is 150 Å². The van der Waals surface area contributed by atoms with E-state index in [1.165, 1.54) is 82.7 Å². The summed E-state index contributed by atoms with van der Waals surface area (Å²) >= 11 is 0. The van der Waals surface area contributed by atoms with Crippen LogP contribution >= 0.6 is 0 Å². The van der Waals surface area contributed by atoms with Gasteiger partial charge in [-0.15, -0.1) is 0 Å². The van der Waals surface area contributed by atoms with Gasteiger partial charge in [-0.3, -0.25) is 4.57 Å². The molecule has 12 aromatic carbocycles. The standard InChI is InChI=1S/C82H57N5/c1-81(2)68-31-19-17-29-58(68)61-45-71-62(46-70(61)81)60-41-52(33-37-69(60)82(71,3)4)53-34-38-75-63(42-53)64-43-54(35-39-76(64)85(75)56-25-13-7-14-26-56)55-36-40-77-65(44-55)67-48-78-66(59-30-18-20-32-74(59)86(78)57-27-15-8-16-28-57)47-79(67)87(77)80-83-72(50-21-9-5-10-22-50)49-73(84-80)51-23-11-6-12-24-51/h5-49H,1-4H3. The van der Waals surface area contributed by atoms with Gasteiger partial charge < -0.3 is 9.13 Å². The SMILES string of the molecule is CC1(C)c2ccccc2-c2cc3c(cc21)-c1cc(-c2ccc4c(c2)c2cc(-c5ccc6c(c5)c5cc7c(cc5n6-c5nc(-c6ccccc6)cc(-c6ccccc6)n5)c5ccccc5n7-c5ccccc5)ccc2n4-c2ccccc2)ccc1C3(C)C. The maximum Gasteiger partial charge on any atom is 0.235 e. The van der Waals surface area contributed by atoms with Crippen molar-refractivity contribution in [3.8, 4) is 84.3 Å². The average Bonchev–Trinajstić information content (AvgIpc) is 1.58. The lowest BCUT2D eigenvalue weighted by Gasteiger charge is -2.24. The Hall–Kier alpha value is -10.9. The lowest BCUT2D eigenvalue weighted by atomic mass is 9.79. The van der Waals surface area contributed by atoms with Crippen molar-refractivity contribution in [2.24, 2.45) is 0 Å². The number of nitrogens with zero attached hydrogens (tertiary/aromatic N) is 5. The van der Waals surface area contributed by atoms with E-state index in [1.807, 2.05) is 0 Å². The normalized spacial score (nSPS) is 13.7. The fourth-order valence-electron chi connectivity index (χ4n) is 15.1. The molecule has 87 heavy (non-hydrogen) atoms. The molecule has 0 spiro atoms. The quantitative estimate of drug-likeness (QED) is 0.160. The molecule has 16 aromatic rings. The Morgan fingerprint density at radius 1 is 0.241 bits per heavy atom. The highest BCUT2D eigenvalue weighted by Gasteiger charge is 2.41. The largest absolute Gasteiger partial charge is 0.309 e. The van der Waals surface area contributed by atoms with Gasteiger partial charge in [0.1, 0.15) is 0 Å². The Morgan fingerprint density at radius 2 is 0.621 bits per heavy atom. The molecular weight excluding hydrogens is 1050 g/mol. The molecule has 410 valence electrons. The lowest BCUT2D eigenvalue weighted by Crippen LogP contribution is -2.16. The van der Waals surface area contributed by atoms with Gasteiger partial charge in [-0.25, -0.2) is 9.97 Å². The van der Waals surface area contributed by atoms with E-state index in [9.17, 15) is 0 Å². The highest BCUT2D eigenvalue weighted by Crippen LogP contribution is 2.57. The maximum atomic E-state index is 5.47. The van der Waals surface area contributed by atoms with Crippen molar-refractivity contribution in [3.63, 3.8) is 0 Å². The van der Waals surface area contributed by atoms with E-state index in [-0.39, 0.29) is 10.8 Å². The molecule has 2 aliphatic carbocycles. The van der Waals surface area contributed by atoms with Crippen LogP contribution in [0, 0.1) is 0 Å². The fraction of sp³-hybridized carbons (Fsp3) is 0.0732. The predicted octanol–water partition coefficient (Wildman–Crippen LogP) is 21.0. The van der Waals surface area contributed by atoms with Crippen LogP contribution in [0.2, 0.25) is 0 Å². The fourth-order valence-corrected chi connectivity index (χ4v) is 15.1. The highest BCUT2D eigenvalue weighted by molar-refractivity contribution is 6.20. The minimum absolute atomic E-state index is 0.0811. The van der Waals surface area contributed by atoms with Gasteiger partial charge in [-0.05, 0) is 170 Å². The van der Waals surface area contributed by atoms with Gasteiger partial charge >= 0.3 is 0 Å². The number of aromatic nitrogens is 5. The second-order valence-corrected chi connectivity index (χ2v) is 24.9. The number of benzene rings is 12. The first-order valence-electron chi connectivity index (χ1n) is 30.3. The minimum Gasteiger partial charge on any atom is -0.309 e. The predicted molar refractivity (Wildman–Crippen MR) is 362 cm³/mol. The summed E-state index contributed by atoms with van der Waals surface area (Å²) in [6, 6.07) is 101. The number of rotatable bonds is 7. The van der Waals surface area contributed by atoms with Gasteiger partial charge in [0, 0.05) is 65.6 Å². The molecule has 2 aliphatic rings. The molecule has 0 fully saturated rings. The van der Waals surface area contributed by atoms with Gasteiger partial charge in [-0.1, -0.05) is 198 Å². The summed E-state index contributed by atoms with van der Waals surface area (Å²) in [5.41, 5.74) is 28.3. The van der Waals surface area contributed by atoms with Crippen LogP contribution in [0.15, 0.2) is 273 Å². The molecule has 0 N–H and O–H groups in total. The summed E-state index contributed by atoms with van der Waals surface area (Å²) in [6.45, 7) is 9.58. The van der Waals surface area contributed by atoms with Crippen molar-refractivity contribution >= 4 is 65.4 Å². The maximum absolute atomic E-state index is 5.47. The molecule has 0 radical (unpaired) electrons. The van der Waals surface area contributed by atoms with E-state index in [4.69, 9.17) is 9.97 Å². The first-order chi connectivity index (χ1) is 42.6. The monoisotopic (exact) mass is 1110 g/mol. The van der Waals surface area contributed by atoms with E-state index in [0.29, 0.717) is 5.95 Å². The van der Waals surface area contributed by atoms with Crippen molar-refractivity contribution in [1.82, 2.24) is 23.7 Å². The third-order valence-electron chi connectivity index (χ3n) is 19.5. The Labute approximate surface area is 504 Å². The van der Waals surface area contributed by atoms with Gasteiger partial charge in [-0.2, -0.15) is 0 Å². The summed E-state index contributed by atoms with van der Waals surface area (Å²) in [7, 11) is 0. The second kappa shape index (κ2) is 18.3. The summed E-state index contributed by atoms with van der Waals surface area (Å²) < 4.78 is 7.14. The van der Waals surface area contributed by atoms with E-state index >= 15 is 0 Å². The summed E-state index contributed by atoms with van der Waals surface area (Å²) in [5.74, 6) is 0.620. The van der Waals surface area contributed by atoms with Gasteiger partial charge in [0.05, 0.1) is 44.5 Å². The molecule has 0 aliphatic heterocycles. The molecule has 0 bridgehead atoms. The first-order valence-corrected chi connectivity index (χ1v) is 30.3. The van der Waals surface area contributed by atoms with Crippen LogP contribution in [0.3, 0.4) is 0 Å². The molecule has 4 aromatic heterocycles. The molecule has 5 heteroatoms. The molecule has 0 unspecified atom stereocenters. The Kier molecular flexibility index (Phi) is 10.4. The number of fused-ring (bicyclic) bond motifs is 15. The first kappa shape index (κ1) is 49.5. The lowest BCUT2D eigenvalue weighted by molar-refractivity contribution is 0.652. The molecule has 0 amide bonds. The molecular formula is C82H57N5. The summed E-state index contributed by atoms with van der Waals surface area (Å²) in [6.07, 6.45) is 0. The zero-order valence-corrected chi connectivity index (χ0v) is 48.7. The van der Waals surface area contributed by atoms with Crippen molar-refractivity contribution in [3.05, 3.63) is 295 Å². The average molecular weight is 1110 g/mol. The third-order valence-corrected chi connectivity index (χ3v) is 19.5. The highest BCUT2D eigenvalue weighted by atomic mass is 15.2. The van der Waals surface area contributed by atoms with Gasteiger partial charge in [0.15, 0.2) is 0 Å². The van der Waals surface area contributed by atoms with Crippen LogP contribution in [-0.2, 0) is 10.8 Å². The Balaban J connectivity index is 0.839. The molecule has 0 saturated heterocycles. The third kappa shape index (κ3) is 7.27. The smallest absolute Gasteiger partial charge is 0.235 e. The molecule has 18 rings (SSSR count). The van der Waals surface area contributed by atoms with Crippen LogP contribution in [0.1, 0.15) is 49.9 Å². The van der Waals surface area contributed by atoms with Gasteiger partial charge in [0.25, 0.3) is 0 Å². The zero-order valence-electron chi connectivity index (χ0n) is 48.7. The van der Waals surface area contributed by atoms with Gasteiger partial charge in [0.2, 0.25) is 5.95 Å². The van der Waals surface area contributed by atoms with E-state index in [1.54, 1.807) is 0 Å². The zero-order chi connectivity index (χ0) is 57.9. The molecule has 0 saturated carbocycles.